The normalized spacial score (nSPS) is 15.3. The molecule has 1 aliphatic rings. The molecule has 0 atom stereocenters. The zero-order valence-corrected chi connectivity index (χ0v) is 14.5. The molecule has 0 unspecified atom stereocenters. The third-order valence-corrected chi connectivity index (χ3v) is 4.30. The molecule has 0 spiro atoms. The van der Waals surface area contributed by atoms with Crippen molar-refractivity contribution in [1.29, 1.82) is 0 Å². The Labute approximate surface area is 147 Å². The summed E-state index contributed by atoms with van der Waals surface area (Å²) in [7, 11) is 0. The number of amides is 1. The first-order chi connectivity index (χ1) is 11.6. The van der Waals surface area contributed by atoms with Crippen molar-refractivity contribution < 1.29 is 4.79 Å². The molecule has 1 amide bonds. The Balaban J connectivity index is 1.48. The summed E-state index contributed by atoms with van der Waals surface area (Å²) in [4.78, 5) is 20.9. The first-order valence-electron chi connectivity index (χ1n) is 8.05. The maximum absolute atomic E-state index is 12.2. The van der Waals surface area contributed by atoms with Gasteiger partial charge in [0, 0.05) is 38.1 Å². The highest BCUT2D eigenvalue weighted by atomic mass is 35.5. The fourth-order valence-corrected chi connectivity index (χ4v) is 2.93. The van der Waals surface area contributed by atoms with Crippen molar-refractivity contribution in [3.63, 3.8) is 0 Å². The molecule has 2 heterocycles. The molecule has 5 nitrogen and oxygen atoms in total. The number of halogens is 1. The van der Waals surface area contributed by atoms with Crippen LogP contribution in [0, 0.1) is 6.92 Å². The van der Waals surface area contributed by atoms with Crippen LogP contribution < -0.4 is 10.2 Å². The number of anilines is 2. The second-order valence-corrected chi connectivity index (χ2v) is 6.45. The fraction of sp³-hybridized carbons (Fsp3) is 0.333. The van der Waals surface area contributed by atoms with Crippen LogP contribution in [-0.4, -0.2) is 48.5 Å². The minimum absolute atomic E-state index is 0.0265. The van der Waals surface area contributed by atoms with E-state index in [1.54, 1.807) is 6.20 Å². The average Bonchev–Trinajstić information content (AvgIpc) is 2.56. The van der Waals surface area contributed by atoms with Gasteiger partial charge in [-0.15, -0.1) is 0 Å². The maximum atomic E-state index is 12.2. The number of carbonyl (C=O) groups excluding carboxylic acids is 1. The lowest BCUT2D eigenvalue weighted by Crippen LogP contribution is -2.48. The van der Waals surface area contributed by atoms with Crippen LogP contribution in [0.4, 0.5) is 11.5 Å². The average molecular weight is 345 g/mol. The van der Waals surface area contributed by atoms with Crippen LogP contribution in [0.3, 0.4) is 0 Å². The molecule has 1 aliphatic heterocycles. The van der Waals surface area contributed by atoms with E-state index < -0.39 is 0 Å². The molecule has 0 bridgehead atoms. The predicted molar refractivity (Wildman–Crippen MR) is 97.7 cm³/mol. The number of rotatable bonds is 4. The Morgan fingerprint density at radius 3 is 2.67 bits per heavy atom. The van der Waals surface area contributed by atoms with Crippen molar-refractivity contribution in [2.45, 2.75) is 6.92 Å². The van der Waals surface area contributed by atoms with Gasteiger partial charge in [-0.2, -0.15) is 0 Å². The number of nitrogens with one attached hydrogen (secondary N) is 1. The summed E-state index contributed by atoms with van der Waals surface area (Å²) < 4.78 is 0. The number of pyridine rings is 1. The van der Waals surface area contributed by atoms with E-state index in [1.807, 2.05) is 43.3 Å². The predicted octanol–water partition coefficient (Wildman–Crippen LogP) is 2.80. The van der Waals surface area contributed by atoms with Crippen LogP contribution in [0.2, 0.25) is 5.02 Å². The third-order valence-electron chi connectivity index (χ3n) is 4.08. The quantitative estimate of drug-likeness (QED) is 0.926. The van der Waals surface area contributed by atoms with Gasteiger partial charge in [-0.1, -0.05) is 23.7 Å². The van der Waals surface area contributed by atoms with E-state index in [0.29, 0.717) is 11.6 Å². The Morgan fingerprint density at radius 2 is 2.00 bits per heavy atom. The van der Waals surface area contributed by atoms with Crippen LogP contribution in [-0.2, 0) is 4.79 Å². The van der Waals surface area contributed by atoms with E-state index in [9.17, 15) is 4.79 Å². The lowest BCUT2D eigenvalue weighted by molar-refractivity contribution is -0.117. The number of aromatic nitrogens is 1. The first-order valence-corrected chi connectivity index (χ1v) is 8.43. The van der Waals surface area contributed by atoms with Gasteiger partial charge in [0.05, 0.1) is 11.6 Å². The highest BCUT2D eigenvalue weighted by molar-refractivity contribution is 6.30. The molecular formula is C18H21ClN4O. The number of benzene rings is 1. The molecule has 1 N–H and O–H groups in total. The van der Waals surface area contributed by atoms with Gasteiger partial charge >= 0.3 is 0 Å². The Bertz CT molecular complexity index is 696. The van der Waals surface area contributed by atoms with Crippen molar-refractivity contribution >= 4 is 29.0 Å². The molecule has 1 aromatic carbocycles. The van der Waals surface area contributed by atoms with Crippen LogP contribution in [0.5, 0.6) is 0 Å². The first kappa shape index (κ1) is 16.7. The van der Waals surface area contributed by atoms with E-state index in [0.717, 1.165) is 43.2 Å². The molecule has 0 radical (unpaired) electrons. The highest BCUT2D eigenvalue weighted by Crippen LogP contribution is 2.16. The molecule has 6 heteroatoms. The highest BCUT2D eigenvalue weighted by Gasteiger charge is 2.19. The number of nitrogens with zero attached hydrogens (tertiary/aromatic N) is 3. The Morgan fingerprint density at radius 1 is 1.21 bits per heavy atom. The van der Waals surface area contributed by atoms with E-state index in [-0.39, 0.29) is 5.91 Å². The Hall–Kier alpha value is -2.11. The third kappa shape index (κ3) is 4.46. The molecule has 1 aromatic heterocycles. The van der Waals surface area contributed by atoms with E-state index in [2.05, 4.69) is 20.1 Å². The van der Waals surface area contributed by atoms with Crippen LogP contribution in [0.15, 0.2) is 42.6 Å². The summed E-state index contributed by atoms with van der Waals surface area (Å²) in [6.07, 6.45) is 1.67. The van der Waals surface area contributed by atoms with Crippen LogP contribution in [0.1, 0.15) is 5.56 Å². The summed E-state index contributed by atoms with van der Waals surface area (Å²) in [5.41, 5.74) is 1.99. The number of aryl methyl sites for hydroxylation is 1. The summed E-state index contributed by atoms with van der Waals surface area (Å²) in [5, 5.41) is 3.60. The molecule has 1 fully saturated rings. The summed E-state index contributed by atoms with van der Waals surface area (Å²) >= 11 is 5.87. The maximum Gasteiger partial charge on any atom is 0.238 e. The van der Waals surface area contributed by atoms with Crippen molar-refractivity contribution in [3.8, 4) is 0 Å². The van der Waals surface area contributed by atoms with E-state index >= 15 is 0 Å². The van der Waals surface area contributed by atoms with Crippen molar-refractivity contribution in [1.82, 2.24) is 9.88 Å². The van der Waals surface area contributed by atoms with Gasteiger partial charge in [0.25, 0.3) is 0 Å². The molecule has 0 saturated carbocycles. The lowest BCUT2D eigenvalue weighted by Gasteiger charge is -2.35. The van der Waals surface area contributed by atoms with Gasteiger partial charge in [0.15, 0.2) is 0 Å². The largest absolute Gasteiger partial charge is 0.354 e. The number of hydrogen-bond acceptors (Lipinski definition) is 4. The summed E-state index contributed by atoms with van der Waals surface area (Å²) in [6.45, 7) is 5.81. The van der Waals surface area contributed by atoms with Crippen molar-refractivity contribution in [2.75, 3.05) is 42.9 Å². The van der Waals surface area contributed by atoms with Gasteiger partial charge in [0.1, 0.15) is 5.82 Å². The second kappa shape index (κ2) is 7.64. The van der Waals surface area contributed by atoms with E-state index in [4.69, 9.17) is 11.6 Å². The van der Waals surface area contributed by atoms with Crippen molar-refractivity contribution in [3.05, 3.63) is 53.2 Å². The zero-order chi connectivity index (χ0) is 16.9. The summed E-state index contributed by atoms with van der Waals surface area (Å²) in [6, 6.07) is 11.6. The molecule has 126 valence electrons. The standard InChI is InChI=1S/C18H21ClN4O/c1-14-3-2-4-16(11-14)21-18(24)13-22-7-9-23(10-8-22)17-6-5-15(19)12-20-17/h2-6,11-12H,7-10,13H2,1H3,(H,21,24). The molecule has 1 saturated heterocycles. The minimum atomic E-state index is 0.0265. The SMILES string of the molecule is Cc1cccc(NC(=O)CN2CCN(c3ccc(Cl)cn3)CC2)c1. The smallest absolute Gasteiger partial charge is 0.238 e. The number of carbonyl (C=O) groups is 1. The molecule has 3 rings (SSSR count). The lowest BCUT2D eigenvalue weighted by atomic mass is 10.2. The molecule has 24 heavy (non-hydrogen) atoms. The summed E-state index contributed by atoms with van der Waals surface area (Å²) in [5.74, 6) is 0.960. The van der Waals surface area contributed by atoms with Crippen LogP contribution in [0.25, 0.3) is 0 Å². The monoisotopic (exact) mass is 344 g/mol. The molecule has 0 aliphatic carbocycles. The Kier molecular flexibility index (Phi) is 5.33. The fourth-order valence-electron chi connectivity index (χ4n) is 2.82. The van der Waals surface area contributed by atoms with Gasteiger partial charge in [-0.25, -0.2) is 4.98 Å². The van der Waals surface area contributed by atoms with E-state index in [1.165, 1.54) is 0 Å². The van der Waals surface area contributed by atoms with Gasteiger partial charge in [-0.05, 0) is 36.8 Å². The van der Waals surface area contributed by atoms with Gasteiger partial charge in [0.2, 0.25) is 5.91 Å². The van der Waals surface area contributed by atoms with Crippen molar-refractivity contribution in [2.24, 2.45) is 0 Å². The zero-order valence-electron chi connectivity index (χ0n) is 13.7. The minimum Gasteiger partial charge on any atom is -0.354 e. The van der Waals surface area contributed by atoms with Crippen LogP contribution >= 0.6 is 11.6 Å². The number of hydrogen-bond donors (Lipinski definition) is 1. The van der Waals surface area contributed by atoms with Gasteiger partial charge in [-0.3, -0.25) is 9.69 Å². The number of piperazine rings is 1. The molecular weight excluding hydrogens is 324 g/mol. The second-order valence-electron chi connectivity index (χ2n) is 6.02. The van der Waals surface area contributed by atoms with Gasteiger partial charge < -0.3 is 10.2 Å². The molecule has 2 aromatic rings. The topological polar surface area (TPSA) is 48.5 Å².